The summed E-state index contributed by atoms with van der Waals surface area (Å²) < 4.78 is 0. The van der Waals surface area contributed by atoms with Crippen LogP contribution in [-0.2, 0) is 0 Å². The molecule has 1 unspecified atom stereocenters. The summed E-state index contributed by atoms with van der Waals surface area (Å²) in [6.45, 7) is 2.05. The fourth-order valence-corrected chi connectivity index (χ4v) is 0.827. The Morgan fingerprint density at radius 1 is 2.00 bits per heavy atom. The minimum Gasteiger partial charge on any atom is -0.365 e. The lowest BCUT2D eigenvalue weighted by molar-refractivity contribution is -0.627. The molecule has 0 aliphatic carbocycles. The first-order valence-corrected chi connectivity index (χ1v) is 2.86. The molecule has 0 amide bonds. The van der Waals surface area contributed by atoms with Gasteiger partial charge in [-0.25, -0.2) is 15.1 Å². The molecule has 1 rings (SSSR count). The highest BCUT2D eigenvalue weighted by Crippen LogP contribution is 2.04. The first-order chi connectivity index (χ1) is 4.61. The Hall–Kier alpha value is -1.33. The topological polar surface area (TPSA) is 84.8 Å². The highest BCUT2D eigenvalue weighted by atomic mass is 16.7. The van der Waals surface area contributed by atoms with E-state index in [1.165, 1.54) is 0 Å². The Balaban J connectivity index is 2.68. The van der Waals surface area contributed by atoms with Crippen LogP contribution in [0.1, 0.15) is 6.92 Å². The van der Waals surface area contributed by atoms with Gasteiger partial charge in [-0.1, -0.05) is 5.01 Å². The van der Waals surface area contributed by atoms with Crippen molar-refractivity contribution in [3.63, 3.8) is 0 Å². The number of nitrogens with two attached hydrogens (primary N) is 1. The maximum Gasteiger partial charge on any atom is 0.255 e. The highest BCUT2D eigenvalue weighted by Gasteiger charge is 2.28. The largest absolute Gasteiger partial charge is 0.365 e. The summed E-state index contributed by atoms with van der Waals surface area (Å²) in [5, 5.41) is 10.4. The van der Waals surface area contributed by atoms with Crippen molar-refractivity contribution in [2.75, 3.05) is 6.54 Å². The Bertz CT molecular complexity index is 190. The Morgan fingerprint density at radius 2 is 2.60 bits per heavy atom. The van der Waals surface area contributed by atoms with E-state index in [9.17, 15) is 10.1 Å². The lowest BCUT2D eigenvalue weighted by Gasteiger charge is -2.03. The second-order valence-corrected chi connectivity index (χ2v) is 2.16. The van der Waals surface area contributed by atoms with Crippen molar-refractivity contribution in [3.8, 4) is 0 Å². The average molecular weight is 144 g/mol. The molecule has 0 radical (unpaired) electrons. The summed E-state index contributed by atoms with van der Waals surface area (Å²) in [5.74, 6) is -0.00231. The molecule has 10 heavy (non-hydrogen) atoms. The normalized spacial score (nSPS) is 24.7. The number of guanidine groups is 1. The Morgan fingerprint density at radius 3 is 2.80 bits per heavy atom. The summed E-state index contributed by atoms with van der Waals surface area (Å²) in [5.41, 5.74) is 5.20. The lowest BCUT2D eigenvalue weighted by atomic mass is 10.4. The van der Waals surface area contributed by atoms with Crippen LogP contribution in [0.25, 0.3) is 0 Å². The monoisotopic (exact) mass is 144 g/mol. The van der Waals surface area contributed by atoms with E-state index in [2.05, 4.69) is 4.99 Å². The van der Waals surface area contributed by atoms with E-state index in [0.29, 0.717) is 0 Å². The first kappa shape index (κ1) is 6.79. The number of nitro groups is 1. The Labute approximate surface area is 57.4 Å². The van der Waals surface area contributed by atoms with Crippen LogP contribution in [-0.4, -0.2) is 28.6 Å². The Kier molecular flexibility index (Phi) is 1.44. The van der Waals surface area contributed by atoms with Crippen molar-refractivity contribution in [2.45, 2.75) is 13.0 Å². The average Bonchev–Trinajstić information content (AvgIpc) is 2.10. The number of nitrogens with zero attached hydrogens (tertiary/aromatic N) is 3. The smallest absolute Gasteiger partial charge is 0.255 e. The molecule has 0 aromatic heterocycles. The van der Waals surface area contributed by atoms with E-state index >= 15 is 0 Å². The second-order valence-electron chi connectivity index (χ2n) is 2.16. The lowest BCUT2D eigenvalue weighted by Crippen LogP contribution is -2.38. The molecule has 0 fully saturated rings. The molecule has 6 nitrogen and oxygen atoms in total. The fourth-order valence-electron chi connectivity index (χ4n) is 0.827. The fraction of sp³-hybridized carbons (Fsp3) is 0.750. The van der Waals surface area contributed by atoms with Crippen LogP contribution in [0.4, 0.5) is 0 Å². The summed E-state index contributed by atoms with van der Waals surface area (Å²) in [7, 11) is 0. The van der Waals surface area contributed by atoms with E-state index in [4.69, 9.17) is 5.73 Å². The van der Waals surface area contributed by atoms with Gasteiger partial charge in [0.1, 0.15) is 6.54 Å². The van der Waals surface area contributed by atoms with Gasteiger partial charge in [-0.2, -0.15) is 0 Å². The molecule has 1 atom stereocenters. The maximum absolute atomic E-state index is 10.1. The molecule has 56 valence electrons. The first-order valence-electron chi connectivity index (χ1n) is 2.86. The van der Waals surface area contributed by atoms with E-state index in [0.717, 1.165) is 5.01 Å². The quantitative estimate of drug-likeness (QED) is 0.385. The molecule has 1 aliphatic heterocycles. The molecule has 0 spiro atoms. The van der Waals surface area contributed by atoms with Gasteiger partial charge in [0, 0.05) is 0 Å². The molecule has 1 aliphatic rings. The third-order valence-electron chi connectivity index (χ3n) is 1.25. The molecule has 0 bridgehead atoms. The summed E-state index contributed by atoms with van der Waals surface area (Å²) in [4.78, 5) is 13.9. The standard InChI is InChI=1S/C4H8N4O2/c1-3-2-7(8(9)10)4(5)6-3/h3H,2H2,1H3,(H2,5,6). The minimum absolute atomic E-state index is 0.00231. The predicted octanol–water partition coefficient (Wildman–Crippen LogP) is -0.803. The summed E-state index contributed by atoms with van der Waals surface area (Å²) >= 11 is 0. The molecular weight excluding hydrogens is 136 g/mol. The molecule has 0 aromatic carbocycles. The zero-order valence-corrected chi connectivity index (χ0v) is 5.52. The zero-order chi connectivity index (χ0) is 7.72. The van der Waals surface area contributed by atoms with Gasteiger partial charge in [-0.3, -0.25) is 0 Å². The zero-order valence-electron chi connectivity index (χ0n) is 5.52. The minimum atomic E-state index is -0.553. The van der Waals surface area contributed by atoms with Crippen molar-refractivity contribution in [1.29, 1.82) is 0 Å². The van der Waals surface area contributed by atoms with E-state index in [1.807, 2.05) is 0 Å². The molecule has 6 heteroatoms. The van der Waals surface area contributed by atoms with Crippen molar-refractivity contribution in [3.05, 3.63) is 10.1 Å². The van der Waals surface area contributed by atoms with E-state index in [1.54, 1.807) is 6.92 Å². The van der Waals surface area contributed by atoms with Gasteiger partial charge in [-0.05, 0) is 6.92 Å². The van der Waals surface area contributed by atoms with Gasteiger partial charge >= 0.3 is 0 Å². The number of rotatable bonds is 1. The van der Waals surface area contributed by atoms with Gasteiger partial charge in [0.2, 0.25) is 0 Å². The molecule has 2 N–H and O–H groups in total. The van der Waals surface area contributed by atoms with E-state index < -0.39 is 5.03 Å². The van der Waals surface area contributed by atoms with Crippen LogP contribution in [0.2, 0.25) is 0 Å². The summed E-state index contributed by atoms with van der Waals surface area (Å²) in [6, 6.07) is -0.0644. The molecule has 1 heterocycles. The van der Waals surface area contributed by atoms with Gasteiger partial charge in [0.15, 0.2) is 5.03 Å². The van der Waals surface area contributed by atoms with Crippen molar-refractivity contribution in [2.24, 2.45) is 10.7 Å². The molecular formula is C4H8N4O2. The number of hydrazine groups is 1. The van der Waals surface area contributed by atoms with Gasteiger partial charge in [-0.15, -0.1) is 0 Å². The van der Waals surface area contributed by atoms with Crippen LogP contribution >= 0.6 is 0 Å². The maximum atomic E-state index is 10.1. The highest BCUT2D eigenvalue weighted by molar-refractivity contribution is 5.78. The van der Waals surface area contributed by atoms with Crippen LogP contribution in [0, 0.1) is 10.1 Å². The van der Waals surface area contributed by atoms with E-state index in [-0.39, 0.29) is 18.5 Å². The van der Waals surface area contributed by atoms with Crippen LogP contribution in [0.5, 0.6) is 0 Å². The number of hydrogen-bond acceptors (Lipinski definition) is 4. The van der Waals surface area contributed by atoms with Crippen molar-refractivity contribution >= 4 is 5.96 Å². The third-order valence-corrected chi connectivity index (χ3v) is 1.25. The van der Waals surface area contributed by atoms with Gasteiger partial charge < -0.3 is 5.73 Å². The van der Waals surface area contributed by atoms with Gasteiger partial charge in [0.05, 0.1) is 6.04 Å². The SMILES string of the molecule is CC1CN([N+](=O)[O-])C(N)=N1. The predicted molar refractivity (Wildman–Crippen MR) is 34.8 cm³/mol. The third kappa shape index (κ3) is 0.996. The number of aliphatic imine (C=N–C) groups is 1. The van der Waals surface area contributed by atoms with Crippen LogP contribution in [0.15, 0.2) is 4.99 Å². The van der Waals surface area contributed by atoms with Gasteiger partial charge in [0.25, 0.3) is 5.96 Å². The second kappa shape index (κ2) is 2.13. The molecule has 0 aromatic rings. The molecule has 0 saturated heterocycles. The summed E-state index contributed by atoms with van der Waals surface area (Å²) in [6.07, 6.45) is 0. The van der Waals surface area contributed by atoms with Crippen molar-refractivity contribution < 1.29 is 5.03 Å². The van der Waals surface area contributed by atoms with Crippen LogP contribution < -0.4 is 5.73 Å². The number of hydrogen-bond donors (Lipinski definition) is 1. The van der Waals surface area contributed by atoms with Crippen molar-refractivity contribution in [1.82, 2.24) is 5.01 Å². The molecule has 0 saturated carbocycles. The van der Waals surface area contributed by atoms with Crippen LogP contribution in [0.3, 0.4) is 0 Å².